The monoisotopic (exact) mass is 448 g/mol. The highest BCUT2D eigenvalue weighted by Crippen LogP contribution is 2.28. The minimum atomic E-state index is -0.209. The first kappa shape index (κ1) is 21.5. The summed E-state index contributed by atoms with van der Waals surface area (Å²) in [5, 5.41) is 6.33. The van der Waals surface area contributed by atoms with Crippen LogP contribution >= 0.6 is 0 Å². The molecule has 168 valence electrons. The van der Waals surface area contributed by atoms with Gasteiger partial charge in [-0.2, -0.15) is 0 Å². The molecule has 0 unspecified atom stereocenters. The second-order valence-electron chi connectivity index (χ2n) is 8.25. The molecule has 0 aliphatic heterocycles. The van der Waals surface area contributed by atoms with E-state index in [9.17, 15) is 9.59 Å². The first-order valence-electron chi connectivity index (χ1n) is 11.2. The molecule has 5 heteroatoms. The molecule has 0 radical (unpaired) electrons. The SMILES string of the molecule is COc1cccc(C(=O)Nc2cccc(Nc3ccc4c(c3)CCc3ccccc3C4=O)c2)c1. The molecule has 1 aliphatic rings. The molecular formula is C29H24N2O3. The average molecular weight is 449 g/mol. The highest BCUT2D eigenvalue weighted by Gasteiger charge is 2.21. The lowest BCUT2D eigenvalue weighted by Crippen LogP contribution is -2.12. The quantitative estimate of drug-likeness (QED) is 0.392. The summed E-state index contributed by atoms with van der Waals surface area (Å²) in [6.07, 6.45) is 1.65. The molecule has 34 heavy (non-hydrogen) atoms. The van der Waals surface area contributed by atoms with Gasteiger partial charge in [-0.25, -0.2) is 0 Å². The number of aryl methyl sites for hydroxylation is 2. The van der Waals surface area contributed by atoms with Crippen LogP contribution < -0.4 is 15.4 Å². The van der Waals surface area contributed by atoms with Gasteiger partial charge in [0.25, 0.3) is 5.91 Å². The third-order valence-corrected chi connectivity index (χ3v) is 6.02. The Labute approximate surface area is 198 Å². The molecule has 2 N–H and O–H groups in total. The number of fused-ring (bicyclic) bond motifs is 2. The molecule has 0 bridgehead atoms. The predicted molar refractivity (Wildman–Crippen MR) is 134 cm³/mol. The van der Waals surface area contributed by atoms with Crippen LogP contribution in [0.25, 0.3) is 0 Å². The van der Waals surface area contributed by atoms with Crippen LogP contribution in [0.15, 0.2) is 91.0 Å². The summed E-state index contributed by atoms with van der Waals surface area (Å²) in [5.74, 6) is 0.504. The Kier molecular flexibility index (Phi) is 5.83. The number of amides is 1. The van der Waals surface area contributed by atoms with Gasteiger partial charge in [-0.1, -0.05) is 36.4 Å². The largest absolute Gasteiger partial charge is 0.497 e. The summed E-state index contributed by atoms with van der Waals surface area (Å²) >= 11 is 0. The average Bonchev–Trinajstić information content (AvgIpc) is 3.01. The van der Waals surface area contributed by atoms with Crippen LogP contribution in [0.2, 0.25) is 0 Å². The number of hydrogen-bond acceptors (Lipinski definition) is 4. The third kappa shape index (κ3) is 4.41. The van der Waals surface area contributed by atoms with Crippen LogP contribution in [0.5, 0.6) is 5.75 Å². The van der Waals surface area contributed by atoms with Crippen LogP contribution in [0.4, 0.5) is 17.1 Å². The number of benzene rings is 4. The molecule has 1 amide bonds. The van der Waals surface area contributed by atoms with E-state index in [-0.39, 0.29) is 11.7 Å². The summed E-state index contributed by atoms with van der Waals surface area (Å²) in [4.78, 5) is 25.7. The maximum atomic E-state index is 13.0. The molecule has 0 saturated heterocycles. The molecule has 0 fully saturated rings. The van der Waals surface area contributed by atoms with Gasteiger partial charge in [-0.15, -0.1) is 0 Å². The topological polar surface area (TPSA) is 67.4 Å². The number of ketones is 1. The number of ether oxygens (including phenoxy) is 1. The number of methoxy groups -OCH3 is 1. The molecule has 0 heterocycles. The van der Waals surface area contributed by atoms with Gasteiger partial charge >= 0.3 is 0 Å². The van der Waals surface area contributed by atoms with Crippen molar-refractivity contribution in [3.05, 3.63) is 119 Å². The predicted octanol–water partition coefficient (Wildman–Crippen LogP) is 6.02. The standard InChI is InChI=1S/C29H24N2O3/c1-34-25-10-4-7-21(17-25)29(33)31-23-9-5-8-22(18-23)30-24-14-15-27-20(16-24)13-12-19-6-2-3-11-26(19)28(27)32/h2-11,14-18,30H,12-13H2,1H3,(H,31,33). The molecule has 0 saturated carbocycles. The van der Waals surface area contributed by atoms with Gasteiger partial charge in [0.15, 0.2) is 5.78 Å². The van der Waals surface area contributed by atoms with E-state index in [0.29, 0.717) is 17.0 Å². The van der Waals surface area contributed by atoms with Crippen molar-refractivity contribution in [3.8, 4) is 5.75 Å². The lowest BCUT2D eigenvalue weighted by atomic mass is 9.98. The lowest BCUT2D eigenvalue weighted by molar-refractivity contribution is 0.102. The molecule has 0 atom stereocenters. The van der Waals surface area contributed by atoms with Gasteiger partial charge in [-0.05, 0) is 78.6 Å². The van der Waals surface area contributed by atoms with E-state index in [2.05, 4.69) is 10.6 Å². The van der Waals surface area contributed by atoms with Crippen molar-refractivity contribution >= 4 is 28.8 Å². The fraction of sp³-hybridized carbons (Fsp3) is 0.103. The highest BCUT2D eigenvalue weighted by molar-refractivity contribution is 6.11. The molecule has 0 aromatic heterocycles. The van der Waals surface area contributed by atoms with Crippen molar-refractivity contribution in [2.75, 3.05) is 17.7 Å². The molecular weight excluding hydrogens is 424 g/mol. The molecule has 5 rings (SSSR count). The Morgan fingerprint density at radius 1 is 0.735 bits per heavy atom. The Balaban J connectivity index is 1.33. The molecule has 0 spiro atoms. The van der Waals surface area contributed by atoms with Crippen LogP contribution in [0, 0.1) is 0 Å². The molecule has 4 aromatic carbocycles. The Bertz CT molecular complexity index is 1390. The van der Waals surface area contributed by atoms with E-state index >= 15 is 0 Å². The van der Waals surface area contributed by atoms with Crippen molar-refractivity contribution < 1.29 is 14.3 Å². The van der Waals surface area contributed by atoms with Crippen molar-refractivity contribution in [1.82, 2.24) is 0 Å². The second kappa shape index (κ2) is 9.24. The zero-order valence-electron chi connectivity index (χ0n) is 18.8. The minimum absolute atomic E-state index is 0.0805. The van der Waals surface area contributed by atoms with Gasteiger partial charge in [0.1, 0.15) is 5.75 Å². The van der Waals surface area contributed by atoms with Gasteiger partial charge < -0.3 is 15.4 Å². The number of rotatable bonds is 5. The van der Waals surface area contributed by atoms with Crippen molar-refractivity contribution in [3.63, 3.8) is 0 Å². The second-order valence-corrected chi connectivity index (χ2v) is 8.25. The number of anilines is 3. The number of carbonyl (C=O) groups is 2. The van der Waals surface area contributed by atoms with E-state index in [1.807, 2.05) is 66.7 Å². The first-order valence-corrected chi connectivity index (χ1v) is 11.2. The summed E-state index contributed by atoms with van der Waals surface area (Å²) in [6, 6.07) is 28.3. The van der Waals surface area contributed by atoms with Gasteiger partial charge in [0, 0.05) is 33.8 Å². The fourth-order valence-corrected chi connectivity index (χ4v) is 4.28. The summed E-state index contributed by atoms with van der Waals surface area (Å²) in [5.41, 5.74) is 6.62. The summed E-state index contributed by atoms with van der Waals surface area (Å²) < 4.78 is 5.20. The Morgan fingerprint density at radius 2 is 1.47 bits per heavy atom. The third-order valence-electron chi connectivity index (χ3n) is 6.02. The Hall–Kier alpha value is -4.38. The van der Waals surface area contributed by atoms with Gasteiger partial charge in [-0.3, -0.25) is 9.59 Å². The van der Waals surface area contributed by atoms with Gasteiger partial charge in [0.2, 0.25) is 0 Å². The molecule has 5 nitrogen and oxygen atoms in total. The summed E-state index contributed by atoms with van der Waals surface area (Å²) in [7, 11) is 1.57. The normalized spacial score (nSPS) is 12.2. The van der Waals surface area contributed by atoms with Crippen LogP contribution in [-0.2, 0) is 12.8 Å². The van der Waals surface area contributed by atoms with Crippen molar-refractivity contribution in [1.29, 1.82) is 0 Å². The van der Waals surface area contributed by atoms with E-state index in [1.165, 1.54) is 0 Å². The zero-order chi connectivity index (χ0) is 23.5. The van der Waals surface area contributed by atoms with Crippen LogP contribution in [0.1, 0.15) is 37.4 Å². The fourth-order valence-electron chi connectivity index (χ4n) is 4.28. The number of carbonyl (C=O) groups excluding carboxylic acids is 2. The maximum Gasteiger partial charge on any atom is 0.255 e. The Morgan fingerprint density at radius 3 is 2.35 bits per heavy atom. The van der Waals surface area contributed by atoms with Crippen LogP contribution in [0.3, 0.4) is 0 Å². The van der Waals surface area contributed by atoms with Crippen molar-refractivity contribution in [2.24, 2.45) is 0 Å². The number of hydrogen-bond donors (Lipinski definition) is 2. The zero-order valence-corrected chi connectivity index (χ0v) is 18.8. The smallest absolute Gasteiger partial charge is 0.255 e. The first-order chi connectivity index (χ1) is 16.6. The van der Waals surface area contributed by atoms with E-state index in [4.69, 9.17) is 4.74 Å². The lowest BCUT2D eigenvalue weighted by Gasteiger charge is -2.12. The summed E-state index contributed by atoms with van der Waals surface area (Å²) in [6.45, 7) is 0. The highest BCUT2D eigenvalue weighted by atomic mass is 16.5. The molecule has 1 aliphatic carbocycles. The van der Waals surface area contributed by atoms with E-state index < -0.39 is 0 Å². The number of nitrogens with one attached hydrogen (secondary N) is 2. The van der Waals surface area contributed by atoms with Gasteiger partial charge in [0.05, 0.1) is 7.11 Å². The molecule has 4 aromatic rings. The van der Waals surface area contributed by atoms with E-state index in [1.54, 1.807) is 31.4 Å². The van der Waals surface area contributed by atoms with Crippen molar-refractivity contribution in [2.45, 2.75) is 12.8 Å². The minimum Gasteiger partial charge on any atom is -0.497 e. The maximum absolute atomic E-state index is 13.0. The van der Waals surface area contributed by atoms with Crippen LogP contribution in [-0.4, -0.2) is 18.8 Å². The van der Waals surface area contributed by atoms with E-state index in [0.717, 1.165) is 46.5 Å².